The van der Waals surface area contributed by atoms with Crippen LogP contribution in [0.2, 0.25) is 0 Å². The Morgan fingerprint density at radius 3 is 2.71 bits per heavy atom. The topological polar surface area (TPSA) is 62.3 Å². The molecule has 1 aromatic carbocycles. The number of nitrogens with zero attached hydrogens (tertiary/aromatic N) is 2. The third-order valence-electron chi connectivity index (χ3n) is 4.02. The van der Waals surface area contributed by atoms with Crippen molar-refractivity contribution in [1.82, 2.24) is 9.88 Å². The fourth-order valence-corrected chi connectivity index (χ4v) is 3.19. The smallest absolute Gasteiger partial charge is 0.258 e. The highest BCUT2D eigenvalue weighted by Gasteiger charge is 2.35. The Kier molecular flexibility index (Phi) is 4.94. The second-order valence-corrected chi connectivity index (χ2v) is 6.68. The summed E-state index contributed by atoms with van der Waals surface area (Å²) in [7, 11) is 0. The molecule has 6 heteroatoms. The molecule has 0 saturated carbocycles. The summed E-state index contributed by atoms with van der Waals surface area (Å²) < 4.78 is 0.706. The Balaban J connectivity index is 2.03. The van der Waals surface area contributed by atoms with E-state index in [1.54, 1.807) is 17.2 Å². The lowest BCUT2D eigenvalue weighted by Gasteiger charge is -2.28. The fourth-order valence-electron chi connectivity index (χ4n) is 2.86. The van der Waals surface area contributed by atoms with Gasteiger partial charge in [0.15, 0.2) is 0 Å². The van der Waals surface area contributed by atoms with E-state index in [0.29, 0.717) is 28.8 Å². The summed E-state index contributed by atoms with van der Waals surface area (Å²) in [6, 6.07) is 10.9. The SMILES string of the molecule is CCCC1C(=O)Nc2ncc(Br)cc2C(=O)N1Cc1ccccc1. The van der Waals surface area contributed by atoms with Crippen LogP contribution in [0.1, 0.15) is 35.7 Å². The highest BCUT2D eigenvalue weighted by Crippen LogP contribution is 2.27. The Morgan fingerprint density at radius 2 is 2.00 bits per heavy atom. The number of carbonyl (C=O) groups excluding carboxylic acids is 2. The maximum absolute atomic E-state index is 13.1. The quantitative estimate of drug-likeness (QED) is 0.871. The minimum absolute atomic E-state index is 0.181. The molecule has 1 aliphatic rings. The molecule has 2 heterocycles. The lowest BCUT2D eigenvalue weighted by molar-refractivity contribution is -0.120. The number of hydrogen-bond donors (Lipinski definition) is 1. The maximum atomic E-state index is 13.1. The third-order valence-corrected chi connectivity index (χ3v) is 4.46. The predicted octanol–water partition coefficient (Wildman–Crippen LogP) is 3.61. The van der Waals surface area contributed by atoms with E-state index in [4.69, 9.17) is 0 Å². The Morgan fingerprint density at radius 1 is 1.25 bits per heavy atom. The van der Waals surface area contributed by atoms with E-state index in [1.165, 1.54) is 0 Å². The summed E-state index contributed by atoms with van der Waals surface area (Å²) in [6.07, 6.45) is 3.00. The van der Waals surface area contributed by atoms with Gasteiger partial charge in [-0.2, -0.15) is 0 Å². The molecule has 1 N–H and O–H groups in total. The van der Waals surface area contributed by atoms with Gasteiger partial charge in [0.25, 0.3) is 5.91 Å². The van der Waals surface area contributed by atoms with E-state index in [-0.39, 0.29) is 11.8 Å². The molecular weight excluding hydrogens is 370 g/mol. The second kappa shape index (κ2) is 7.13. The Hall–Kier alpha value is -2.21. The number of aromatic nitrogens is 1. The number of carbonyl (C=O) groups is 2. The van der Waals surface area contributed by atoms with Gasteiger partial charge in [0.2, 0.25) is 5.91 Å². The van der Waals surface area contributed by atoms with E-state index in [0.717, 1.165) is 12.0 Å². The largest absolute Gasteiger partial charge is 0.322 e. The molecule has 0 saturated heterocycles. The van der Waals surface area contributed by atoms with Gasteiger partial charge < -0.3 is 10.2 Å². The first kappa shape index (κ1) is 16.6. The Labute approximate surface area is 149 Å². The zero-order valence-electron chi connectivity index (χ0n) is 13.3. The summed E-state index contributed by atoms with van der Waals surface area (Å²) in [5.74, 6) is -0.0426. The van der Waals surface area contributed by atoms with Gasteiger partial charge in [-0.15, -0.1) is 0 Å². The summed E-state index contributed by atoms with van der Waals surface area (Å²) in [5.41, 5.74) is 1.40. The number of amides is 2. The lowest BCUT2D eigenvalue weighted by atomic mass is 10.1. The van der Waals surface area contributed by atoms with Gasteiger partial charge in [-0.1, -0.05) is 43.7 Å². The molecular formula is C18H18BrN3O2. The Bertz CT molecular complexity index is 764. The molecule has 0 aliphatic carbocycles. The number of benzene rings is 1. The first-order valence-corrected chi connectivity index (χ1v) is 8.70. The highest BCUT2D eigenvalue weighted by atomic mass is 79.9. The highest BCUT2D eigenvalue weighted by molar-refractivity contribution is 9.10. The van der Waals surface area contributed by atoms with Crippen LogP contribution >= 0.6 is 15.9 Å². The van der Waals surface area contributed by atoms with Gasteiger partial charge in [-0.3, -0.25) is 9.59 Å². The molecule has 1 aromatic heterocycles. The summed E-state index contributed by atoms with van der Waals surface area (Å²) in [6.45, 7) is 2.40. The van der Waals surface area contributed by atoms with E-state index >= 15 is 0 Å². The number of anilines is 1. The van der Waals surface area contributed by atoms with Crippen LogP contribution in [0.25, 0.3) is 0 Å². The summed E-state index contributed by atoms with van der Waals surface area (Å²) >= 11 is 3.35. The van der Waals surface area contributed by atoms with Crippen molar-refractivity contribution in [2.75, 3.05) is 5.32 Å². The molecule has 0 bridgehead atoms. The van der Waals surface area contributed by atoms with Gasteiger partial charge >= 0.3 is 0 Å². The minimum Gasteiger partial charge on any atom is -0.322 e. The molecule has 5 nitrogen and oxygen atoms in total. The molecule has 2 aromatic rings. The molecule has 24 heavy (non-hydrogen) atoms. The summed E-state index contributed by atoms with van der Waals surface area (Å²) in [5, 5.41) is 2.80. The summed E-state index contributed by atoms with van der Waals surface area (Å²) in [4.78, 5) is 31.6. The molecule has 124 valence electrons. The number of rotatable bonds is 4. The molecule has 0 radical (unpaired) electrons. The lowest BCUT2D eigenvalue weighted by Crippen LogP contribution is -2.44. The van der Waals surface area contributed by atoms with E-state index in [1.807, 2.05) is 37.3 Å². The van der Waals surface area contributed by atoms with Gasteiger partial charge in [0.1, 0.15) is 11.9 Å². The van der Waals surface area contributed by atoms with Crippen LogP contribution < -0.4 is 5.32 Å². The minimum atomic E-state index is -0.504. The molecule has 3 rings (SSSR count). The molecule has 1 unspecified atom stereocenters. The second-order valence-electron chi connectivity index (χ2n) is 5.76. The molecule has 1 atom stereocenters. The monoisotopic (exact) mass is 387 g/mol. The third kappa shape index (κ3) is 3.33. The molecule has 1 aliphatic heterocycles. The van der Waals surface area contributed by atoms with Crippen LogP contribution in [0.15, 0.2) is 47.1 Å². The zero-order valence-corrected chi connectivity index (χ0v) is 14.9. The van der Waals surface area contributed by atoms with Crippen LogP contribution in [0, 0.1) is 0 Å². The average Bonchev–Trinajstić information content (AvgIpc) is 2.67. The van der Waals surface area contributed by atoms with Crippen molar-refractivity contribution in [1.29, 1.82) is 0 Å². The van der Waals surface area contributed by atoms with E-state index < -0.39 is 6.04 Å². The first-order valence-electron chi connectivity index (χ1n) is 7.91. The van der Waals surface area contributed by atoms with Gasteiger partial charge in [0, 0.05) is 17.2 Å². The number of halogens is 1. The van der Waals surface area contributed by atoms with Crippen molar-refractivity contribution in [3.63, 3.8) is 0 Å². The number of hydrogen-bond acceptors (Lipinski definition) is 3. The van der Waals surface area contributed by atoms with Gasteiger partial charge in [-0.05, 0) is 34.0 Å². The van der Waals surface area contributed by atoms with E-state index in [9.17, 15) is 9.59 Å². The van der Waals surface area contributed by atoms with Crippen molar-refractivity contribution < 1.29 is 9.59 Å². The van der Waals surface area contributed by atoms with Crippen molar-refractivity contribution in [3.8, 4) is 0 Å². The molecule has 0 fully saturated rings. The van der Waals surface area contributed by atoms with Crippen LogP contribution in [0.5, 0.6) is 0 Å². The van der Waals surface area contributed by atoms with Crippen LogP contribution in [0.4, 0.5) is 5.82 Å². The average molecular weight is 388 g/mol. The molecule has 2 amide bonds. The first-order chi connectivity index (χ1) is 11.6. The zero-order chi connectivity index (χ0) is 17.1. The number of pyridine rings is 1. The number of fused-ring (bicyclic) bond motifs is 1. The van der Waals surface area contributed by atoms with Crippen LogP contribution in [0.3, 0.4) is 0 Å². The van der Waals surface area contributed by atoms with Crippen molar-refractivity contribution in [3.05, 3.63) is 58.2 Å². The van der Waals surface area contributed by atoms with E-state index in [2.05, 4.69) is 26.2 Å². The maximum Gasteiger partial charge on any atom is 0.258 e. The fraction of sp³-hybridized carbons (Fsp3) is 0.278. The standard InChI is InChI=1S/C18H18BrN3O2/c1-2-6-15-17(23)21-16-14(9-13(19)10-20-16)18(24)22(15)11-12-7-4-3-5-8-12/h3-5,7-10,15H,2,6,11H2,1H3,(H,20,21,23). The van der Waals surface area contributed by atoms with Gasteiger partial charge in [-0.25, -0.2) is 4.98 Å². The van der Waals surface area contributed by atoms with Crippen molar-refractivity contribution in [2.45, 2.75) is 32.4 Å². The van der Waals surface area contributed by atoms with Crippen molar-refractivity contribution >= 4 is 33.6 Å². The molecule has 0 spiro atoms. The predicted molar refractivity (Wildman–Crippen MR) is 95.6 cm³/mol. The van der Waals surface area contributed by atoms with Crippen LogP contribution in [-0.4, -0.2) is 27.7 Å². The normalized spacial score (nSPS) is 17.2. The van der Waals surface area contributed by atoms with Crippen molar-refractivity contribution in [2.24, 2.45) is 0 Å². The number of nitrogens with one attached hydrogen (secondary N) is 1. The van der Waals surface area contributed by atoms with Gasteiger partial charge in [0.05, 0.1) is 5.56 Å². The van der Waals surface area contributed by atoms with Crippen LogP contribution in [-0.2, 0) is 11.3 Å².